The first kappa shape index (κ1) is 15.4. The van der Waals surface area contributed by atoms with Crippen LogP contribution in [0.5, 0.6) is 0 Å². The van der Waals surface area contributed by atoms with Crippen molar-refractivity contribution in [3.8, 4) is 0 Å². The van der Waals surface area contributed by atoms with Crippen LogP contribution < -0.4 is 11.1 Å². The molecular weight excluding hydrogens is 240 g/mol. The first-order valence-corrected chi connectivity index (χ1v) is 6.55. The van der Waals surface area contributed by atoms with Crippen molar-refractivity contribution < 1.29 is 4.79 Å². The van der Waals surface area contributed by atoms with E-state index in [4.69, 9.17) is 5.73 Å². The lowest BCUT2D eigenvalue weighted by atomic mass is 10.0. The van der Waals surface area contributed by atoms with Gasteiger partial charge < -0.3 is 16.0 Å². The first-order valence-electron chi connectivity index (χ1n) is 6.55. The molecule has 106 valence electrons. The van der Waals surface area contributed by atoms with Crippen LogP contribution in [0.1, 0.15) is 30.8 Å². The molecule has 1 amide bonds. The molecular formula is C14H24N4O. The number of pyridine rings is 1. The highest BCUT2D eigenvalue weighted by molar-refractivity contribution is 5.93. The van der Waals surface area contributed by atoms with E-state index in [1.807, 2.05) is 14.1 Å². The largest absolute Gasteiger partial charge is 0.399 e. The van der Waals surface area contributed by atoms with Gasteiger partial charge in [-0.05, 0) is 38.6 Å². The van der Waals surface area contributed by atoms with Gasteiger partial charge in [0.25, 0.3) is 5.91 Å². The highest BCUT2D eigenvalue weighted by atomic mass is 16.1. The minimum Gasteiger partial charge on any atom is -0.399 e. The average molecular weight is 264 g/mol. The van der Waals surface area contributed by atoms with E-state index < -0.39 is 0 Å². The Hall–Kier alpha value is -1.62. The number of anilines is 1. The lowest BCUT2D eigenvalue weighted by Gasteiger charge is -2.23. The summed E-state index contributed by atoms with van der Waals surface area (Å²) in [5.41, 5.74) is 6.58. The van der Waals surface area contributed by atoms with Crippen molar-refractivity contribution in [2.24, 2.45) is 5.92 Å². The van der Waals surface area contributed by atoms with Gasteiger partial charge in [0.1, 0.15) is 5.69 Å². The predicted molar refractivity (Wildman–Crippen MR) is 77.9 cm³/mol. The molecule has 1 aromatic heterocycles. The second kappa shape index (κ2) is 7.09. The molecule has 0 aromatic carbocycles. The van der Waals surface area contributed by atoms with Crippen molar-refractivity contribution in [1.29, 1.82) is 0 Å². The molecule has 0 fully saturated rings. The molecule has 0 aliphatic rings. The molecule has 0 saturated heterocycles. The Kier molecular flexibility index (Phi) is 5.76. The number of nitrogens with one attached hydrogen (secondary N) is 1. The maximum absolute atomic E-state index is 12.1. The van der Waals surface area contributed by atoms with Crippen molar-refractivity contribution in [2.75, 3.05) is 26.4 Å². The summed E-state index contributed by atoms with van der Waals surface area (Å²) in [5.74, 6) is 0.360. The predicted octanol–water partition coefficient (Wildman–Crippen LogP) is 1.37. The minimum atomic E-state index is -0.167. The number of aromatic nitrogens is 1. The Morgan fingerprint density at radius 1 is 1.47 bits per heavy atom. The fourth-order valence-corrected chi connectivity index (χ4v) is 2.02. The molecule has 0 aliphatic heterocycles. The van der Waals surface area contributed by atoms with Gasteiger partial charge >= 0.3 is 0 Å². The van der Waals surface area contributed by atoms with Crippen LogP contribution in [0.15, 0.2) is 18.3 Å². The van der Waals surface area contributed by atoms with Gasteiger partial charge in [0, 0.05) is 24.5 Å². The van der Waals surface area contributed by atoms with E-state index in [0.29, 0.717) is 17.3 Å². The van der Waals surface area contributed by atoms with Gasteiger partial charge in [0.05, 0.1) is 0 Å². The number of rotatable bonds is 6. The third-order valence-corrected chi connectivity index (χ3v) is 2.69. The number of nitrogens with zero attached hydrogens (tertiary/aromatic N) is 2. The lowest BCUT2D eigenvalue weighted by Crippen LogP contribution is -2.42. The minimum absolute atomic E-state index is 0.116. The molecule has 19 heavy (non-hydrogen) atoms. The van der Waals surface area contributed by atoms with Gasteiger partial charge in [-0.2, -0.15) is 0 Å². The van der Waals surface area contributed by atoms with E-state index in [0.717, 1.165) is 13.0 Å². The standard InChI is InChI=1S/C14H24N4O/c1-10(2)7-12(9-18(3)4)17-14(19)13-8-11(15)5-6-16-13/h5-6,8,10,12H,7,9H2,1-4H3,(H2,15,16)(H,17,19). The fraction of sp³-hybridized carbons (Fsp3) is 0.571. The van der Waals surface area contributed by atoms with Gasteiger partial charge in [-0.3, -0.25) is 9.78 Å². The van der Waals surface area contributed by atoms with E-state index in [2.05, 4.69) is 29.0 Å². The molecule has 0 bridgehead atoms. The first-order chi connectivity index (χ1) is 8.88. The number of likely N-dealkylation sites (N-methyl/N-ethyl adjacent to an activating group) is 1. The van der Waals surface area contributed by atoms with Crippen LogP contribution in [0.2, 0.25) is 0 Å². The Morgan fingerprint density at radius 3 is 2.68 bits per heavy atom. The van der Waals surface area contributed by atoms with E-state index >= 15 is 0 Å². The second-order valence-corrected chi connectivity index (χ2v) is 5.54. The fourth-order valence-electron chi connectivity index (χ4n) is 2.02. The summed E-state index contributed by atoms with van der Waals surface area (Å²) in [6, 6.07) is 3.38. The molecule has 3 N–H and O–H groups in total. The normalized spacial score (nSPS) is 12.7. The van der Waals surface area contributed by atoms with Crippen molar-refractivity contribution in [3.63, 3.8) is 0 Å². The molecule has 1 rings (SSSR count). The molecule has 1 atom stereocenters. The molecule has 0 aliphatic carbocycles. The molecule has 5 nitrogen and oxygen atoms in total. The van der Waals surface area contributed by atoms with E-state index in [-0.39, 0.29) is 11.9 Å². The van der Waals surface area contributed by atoms with Gasteiger partial charge in [0.15, 0.2) is 0 Å². The molecule has 0 saturated carbocycles. The van der Waals surface area contributed by atoms with E-state index in [1.165, 1.54) is 0 Å². The Balaban J connectivity index is 2.69. The van der Waals surface area contributed by atoms with Gasteiger partial charge in [-0.15, -0.1) is 0 Å². The Labute approximate surface area is 115 Å². The van der Waals surface area contributed by atoms with Crippen molar-refractivity contribution in [2.45, 2.75) is 26.3 Å². The zero-order chi connectivity index (χ0) is 14.4. The number of hydrogen-bond acceptors (Lipinski definition) is 4. The van der Waals surface area contributed by atoms with Crippen LogP contribution in [-0.2, 0) is 0 Å². The van der Waals surface area contributed by atoms with Gasteiger partial charge in [-0.25, -0.2) is 0 Å². The number of carbonyl (C=O) groups is 1. The second-order valence-electron chi connectivity index (χ2n) is 5.54. The number of nitrogen functional groups attached to an aromatic ring is 1. The van der Waals surface area contributed by atoms with Crippen molar-refractivity contribution >= 4 is 11.6 Å². The van der Waals surface area contributed by atoms with E-state index in [1.54, 1.807) is 18.3 Å². The van der Waals surface area contributed by atoms with E-state index in [9.17, 15) is 4.79 Å². The smallest absolute Gasteiger partial charge is 0.270 e. The number of carbonyl (C=O) groups excluding carboxylic acids is 1. The lowest BCUT2D eigenvalue weighted by molar-refractivity contribution is 0.0919. The summed E-state index contributed by atoms with van der Waals surface area (Å²) in [6.07, 6.45) is 2.49. The summed E-state index contributed by atoms with van der Waals surface area (Å²) in [4.78, 5) is 18.2. The highest BCUT2D eigenvalue weighted by Gasteiger charge is 2.16. The quantitative estimate of drug-likeness (QED) is 0.814. The average Bonchev–Trinajstić information content (AvgIpc) is 2.26. The summed E-state index contributed by atoms with van der Waals surface area (Å²) in [5, 5.41) is 3.02. The number of amides is 1. The van der Waals surface area contributed by atoms with Crippen LogP contribution in [0.4, 0.5) is 5.69 Å². The third kappa shape index (κ3) is 5.70. The zero-order valence-corrected chi connectivity index (χ0v) is 12.2. The van der Waals surface area contributed by atoms with Crippen LogP contribution in [-0.4, -0.2) is 42.5 Å². The maximum Gasteiger partial charge on any atom is 0.270 e. The van der Waals surface area contributed by atoms with Gasteiger partial charge in [0.2, 0.25) is 0 Å². The van der Waals surface area contributed by atoms with Crippen LogP contribution in [0, 0.1) is 5.92 Å². The van der Waals surface area contributed by atoms with Crippen LogP contribution >= 0.6 is 0 Å². The monoisotopic (exact) mass is 264 g/mol. The maximum atomic E-state index is 12.1. The molecule has 5 heteroatoms. The van der Waals surface area contributed by atoms with Crippen molar-refractivity contribution in [1.82, 2.24) is 15.2 Å². The van der Waals surface area contributed by atoms with Crippen LogP contribution in [0.25, 0.3) is 0 Å². The number of nitrogens with two attached hydrogens (primary N) is 1. The van der Waals surface area contributed by atoms with Crippen molar-refractivity contribution in [3.05, 3.63) is 24.0 Å². The molecule has 1 heterocycles. The molecule has 1 aromatic rings. The third-order valence-electron chi connectivity index (χ3n) is 2.69. The zero-order valence-electron chi connectivity index (χ0n) is 12.2. The summed E-state index contributed by atoms with van der Waals surface area (Å²) >= 11 is 0. The molecule has 0 spiro atoms. The van der Waals surface area contributed by atoms with Crippen LogP contribution in [0.3, 0.4) is 0 Å². The highest BCUT2D eigenvalue weighted by Crippen LogP contribution is 2.08. The topological polar surface area (TPSA) is 71.2 Å². The summed E-state index contributed by atoms with van der Waals surface area (Å²) in [7, 11) is 4.00. The molecule has 1 unspecified atom stereocenters. The SMILES string of the molecule is CC(C)CC(CN(C)C)NC(=O)c1cc(N)ccn1. The molecule has 0 radical (unpaired) electrons. The Morgan fingerprint density at radius 2 is 2.16 bits per heavy atom. The number of hydrogen-bond donors (Lipinski definition) is 2. The Bertz CT molecular complexity index is 408. The summed E-state index contributed by atoms with van der Waals surface area (Å²) in [6.45, 7) is 5.10. The summed E-state index contributed by atoms with van der Waals surface area (Å²) < 4.78 is 0. The van der Waals surface area contributed by atoms with Gasteiger partial charge in [-0.1, -0.05) is 13.8 Å².